The Hall–Kier alpha value is -2.01. The summed E-state index contributed by atoms with van der Waals surface area (Å²) in [5.41, 5.74) is 8.26. The number of rotatable bonds is 3. The van der Waals surface area contributed by atoms with E-state index in [-0.39, 0.29) is 0 Å². The minimum atomic E-state index is 0.552. The van der Waals surface area contributed by atoms with E-state index in [1.54, 1.807) is 4.68 Å². The minimum absolute atomic E-state index is 0.552. The van der Waals surface area contributed by atoms with Gasteiger partial charge in [0.2, 0.25) is 0 Å². The van der Waals surface area contributed by atoms with Crippen LogP contribution in [0.3, 0.4) is 0 Å². The van der Waals surface area contributed by atoms with Crippen LogP contribution in [-0.2, 0) is 13.6 Å². The molecule has 2 aromatic rings. The van der Waals surface area contributed by atoms with E-state index in [4.69, 9.17) is 5.73 Å². The van der Waals surface area contributed by atoms with Crippen LogP contribution in [0.4, 0.5) is 11.5 Å². The summed E-state index contributed by atoms with van der Waals surface area (Å²) < 4.78 is 1.80. The maximum absolute atomic E-state index is 6.07. The Balaban J connectivity index is 1.47. The number of nitrogens with zero attached hydrogens (tertiary/aromatic N) is 4. The molecule has 0 amide bonds. The molecule has 2 aliphatic rings. The number of fused-ring (bicyclic) bond motifs is 2. The Kier molecular flexibility index (Phi) is 2.89. The predicted octanol–water partition coefficient (Wildman–Crippen LogP) is 1.47. The normalized spacial score (nSPS) is 24.9. The van der Waals surface area contributed by atoms with Gasteiger partial charge in [0.1, 0.15) is 0 Å². The molecule has 0 radical (unpaired) electrons. The third kappa shape index (κ3) is 2.17. The molecule has 3 heterocycles. The standard InChI is InChI=1S/C16H21N5/c1-19-11-15(17)16(18-19)21-10-13-7-14(21)9-20(13)8-12-5-3-2-4-6-12/h2-6,11,13-14H,7-10,17H2,1H3. The quantitative estimate of drug-likeness (QED) is 0.926. The summed E-state index contributed by atoms with van der Waals surface area (Å²) in [7, 11) is 1.93. The van der Waals surface area contributed by atoms with E-state index in [1.807, 2.05) is 13.2 Å². The van der Waals surface area contributed by atoms with E-state index in [2.05, 4.69) is 45.2 Å². The van der Waals surface area contributed by atoms with Crippen LogP contribution < -0.4 is 10.6 Å². The first-order valence-electron chi connectivity index (χ1n) is 7.54. The van der Waals surface area contributed by atoms with Gasteiger partial charge in [0.15, 0.2) is 5.82 Å². The second kappa shape index (κ2) is 4.77. The summed E-state index contributed by atoms with van der Waals surface area (Å²) in [5, 5.41) is 4.52. The third-order valence-corrected chi connectivity index (χ3v) is 4.69. The van der Waals surface area contributed by atoms with Gasteiger partial charge in [-0.25, -0.2) is 0 Å². The Morgan fingerprint density at radius 2 is 2.00 bits per heavy atom. The molecule has 2 aliphatic heterocycles. The van der Waals surface area contributed by atoms with Crippen molar-refractivity contribution in [2.75, 3.05) is 23.7 Å². The summed E-state index contributed by atoms with van der Waals surface area (Å²) in [5.74, 6) is 0.962. The van der Waals surface area contributed by atoms with Crippen molar-refractivity contribution in [1.29, 1.82) is 0 Å². The first-order chi connectivity index (χ1) is 10.2. The molecule has 2 atom stereocenters. The highest BCUT2D eigenvalue weighted by Crippen LogP contribution is 2.36. The average Bonchev–Trinajstić information content (AvgIpc) is 3.13. The number of aromatic nitrogens is 2. The number of benzene rings is 1. The number of likely N-dealkylation sites (tertiary alicyclic amines) is 1. The Morgan fingerprint density at radius 3 is 2.62 bits per heavy atom. The van der Waals surface area contributed by atoms with Crippen LogP contribution >= 0.6 is 0 Å². The van der Waals surface area contributed by atoms with Crippen molar-refractivity contribution < 1.29 is 0 Å². The van der Waals surface area contributed by atoms with E-state index in [1.165, 1.54) is 12.0 Å². The van der Waals surface area contributed by atoms with Crippen molar-refractivity contribution >= 4 is 11.5 Å². The maximum atomic E-state index is 6.07. The molecule has 0 spiro atoms. The van der Waals surface area contributed by atoms with Crippen molar-refractivity contribution in [2.24, 2.45) is 7.05 Å². The third-order valence-electron chi connectivity index (χ3n) is 4.69. The zero-order chi connectivity index (χ0) is 14.4. The highest BCUT2D eigenvalue weighted by molar-refractivity contribution is 5.63. The van der Waals surface area contributed by atoms with E-state index < -0.39 is 0 Å². The molecule has 2 N–H and O–H groups in total. The summed E-state index contributed by atoms with van der Waals surface area (Å²) >= 11 is 0. The van der Waals surface area contributed by atoms with E-state index >= 15 is 0 Å². The highest BCUT2D eigenvalue weighted by atomic mass is 15.4. The molecule has 2 unspecified atom stereocenters. The molecule has 1 aromatic heterocycles. The van der Waals surface area contributed by atoms with Crippen LogP contribution in [0.15, 0.2) is 36.5 Å². The van der Waals surface area contributed by atoms with Crippen molar-refractivity contribution in [2.45, 2.75) is 25.0 Å². The van der Waals surface area contributed by atoms with Gasteiger partial charge < -0.3 is 10.6 Å². The number of piperazine rings is 1. The summed E-state index contributed by atoms with van der Waals surface area (Å²) in [6, 6.07) is 11.9. The van der Waals surface area contributed by atoms with Gasteiger partial charge in [-0.2, -0.15) is 5.10 Å². The fraction of sp³-hybridized carbons (Fsp3) is 0.438. The van der Waals surface area contributed by atoms with Crippen LogP contribution in [-0.4, -0.2) is 39.9 Å². The second-order valence-corrected chi connectivity index (χ2v) is 6.19. The van der Waals surface area contributed by atoms with Gasteiger partial charge in [0, 0.05) is 45.0 Å². The van der Waals surface area contributed by atoms with Gasteiger partial charge in [-0.05, 0) is 12.0 Å². The summed E-state index contributed by atoms with van der Waals surface area (Å²) in [4.78, 5) is 4.98. The topological polar surface area (TPSA) is 50.3 Å². The molecule has 4 rings (SSSR count). The van der Waals surface area contributed by atoms with Crippen molar-refractivity contribution in [3.05, 3.63) is 42.1 Å². The van der Waals surface area contributed by atoms with Crippen molar-refractivity contribution in [3.8, 4) is 0 Å². The lowest BCUT2D eigenvalue weighted by molar-refractivity contribution is 0.230. The van der Waals surface area contributed by atoms with Gasteiger partial charge in [-0.15, -0.1) is 0 Å². The molecule has 2 bridgehead atoms. The van der Waals surface area contributed by atoms with Crippen molar-refractivity contribution in [1.82, 2.24) is 14.7 Å². The number of nitrogen functional groups attached to an aromatic ring is 1. The van der Waals surface area contributed by atoms with Crippen LogP contribution in [0.5, 0.6) is 0 Å². The van der Waals surface area contributed by atoms with E-state index in [9.17, 15) is 0 Å². The molecule has 2 fully saturated rings. The number of hydrogen-bond acceptors (Lipinski definition) is 4. The molecule has 110 valence electrons. The van der Waals surface area contributed by atoms with Gasteiger partial charge in [-0.3, -0.25) is 9.58 Å². The first-order valence-corrected chi connectivity index (χ1v) is 7.54. The van der Waals surface area contributed by atoms with Gasteiger partial charge in [0.25, 0.3) is 0 Å². The summed E-state index contributed by atoms with van der Waals surface area (Å²) in [6.45, 7) is 3.20. The molecular formula is C16H21N5. The average molecular weight is 283 g/mol. The Morgan fingerprint density at radius 1 is 1.19 bits per heavy atom. The molecule has 21 heavy (non-hydrogen) atoms. The predicted molar refractivity (Wildman–Crippen MR) is 84.0 cm³/mol. The van der Waals surface area contributed by atoms with E-state index in [0.717, 1.165) is 31.1 Å². The smallest absolute Gasteiger partial charge is 0.174 e. The van der Waals surface area contributed by atoms with Crippen molar-refractivity contribution in [3.63, 3.8) is 0 Å². The highest BCUT2D eigenvalue weighted by Gasteiger charge is 2.44. The SMILES string of the molecule is Cn1cc(N)c(N2CC3CC2CN3Cc2ccccc2)n1. The number of hydrogen-bond donors (Lipinski definition) is 1. The zero-order valence-corrected chi connectivity index (χ0v) is 12.3. The molecule has 2 saturated heterocycles. The molecule has 0 aliphatic carbocycles. The Labute approximate surface area is 124 Å². The van der Waals surface area contributed by atoms with Crippen LogP contribution in [0.25, 0.3) is 0 Å². The minimum Gasteiger partial charge on any atom is -0.394 e. The number of nitrogens with two attached hydrogens (primary N) is 1. The van der Waals surface area contributed by atoms with Gasteiger partial charge in [-0.1, -0.05) is 30.3 Å². The lowest BCUT2D eigenvalue weighted by Gasteiger charge is -2.34. The molecular weight excluding hydrogens is 262 g/mol. The maximum Gasteiger partial charge on any atom is 0.174 e. The second-order valence-electron chi connectivity index (χ2n) is 6.19. The summed E-state index contributed by atoms with van der Waals surface area (Å²) in [6.07, 6.45) is 3.12. The molecule has 5 heteroatoms. The first kappa shape index (κ1) is 12.7. The lowest BCUT2D eigenvalue weighted by Crippen LogP contribution is -2.46. The Bertz CT molecular complexity index is 635. The lowest BCUT2D eigenvalue weighted by atomic mass is 10.2. The van der Waals surface area contributed by atoms with Gasteiger partial charge in [0.05, 0.1) is 5.69 Å². The van der Waals surface area contributed by atoms with Crippen LogP contribution in [0.1, 0.15) is 12.0 Å². The van der Waals surface area contributed by atoms with E-state index in [0.29, 0.717) is 12.1 Å². The molecule has 1 aromatic carbocycles. The molecule has 5 nitrogen and oxygen atoms in total. The number of aryl methyl sites for hydroxylation is 1. The fourth-order valence-corrected chi connectivity index (χ4v) is 3.74. The largest absolute Gasteiger partial charge is 0.394 e. The number of anilines is 2. The molecule has 0 saturated carbocycles. The van der Waals surface area contributed by atoms with Crippen LogP contribution in [0.2, 0.25) is 0 Å². The monoisotopic (exact) mass is 283 g/mol. The van der Waals surface area contributed by atoms with Crippen LogP contribution in [0, 0.1) is 0 Å². The fourth-order valence-electron chi connectivity index (χ4n) is 3.74. The van der Waals surface area contributed by atoms with Gasteiger partial charge >= 0.3 is 0 Å². The zero-order valence-electron chi connectivity index (χ0n) is 12.3.